The molecule has 6 heteroatoms. The standard InChI is InChI=1S/C20H23N5O/c1-26-14-18-7-2-3-8-19(18)24-20(21)23-12-16-5-4-6-17(11-16)13-25-10-9-22-15-25/h2-11,15H,12-14H2,1H3,(H3,21,23,24). The lowest BCUT2D eigenvalue weighted by atomic mass is 10.1. The highest BCUT2D eigenvalue weighted by molar-refractivity contribution is 5.92. The van der Waals surface area contributed by atoms with Gasteiger partial charge in [0.2, 0.25) is 0 Å². The molecule has 0 aliphatic rings. The molecule has 0 saturated heterocycles. The van der Waals surface area contributed by atoms with Crippen molar-refractivity contribution in [1.82, 2.24) is 9.55 Å². The van der Waals surface area contributed by atoms with Gasteiger partial charge in [0, 0.05) is 37.3 Å². The van der Waals surface area contributed by atoms with Crippen LogP contribution >= 0.6 is 0 Å². The zero-order valence-electron chi connectivity index (χ0n) is 14.8. The summed E-state index contributed by atoms with van der Waals surface area (Å²) in [6.45, 7) is 1.82. The van der Waals surface area contributed by atoms with Crippen LogP contribution in [0, 0.1) is 0 Å². The first-order valence-electron chi connectivity index (χ1n) is 8.42. The summed E-state index contributed by atoms with van der Waals surface area (Å²) in [5, 5.41) is 3.15. The summed E-state index contributed by atoms with van der Waals surface area (Å²) in [5.74, 6) is 0.383. The van der Waals surface area contributed by atoms with Crippen LogP contribution in [0.3, 0.4) is 0 Å². The molecule has 3 aromatic rings. The van der Waals surface area contributed by atoms with E-state index in [4.69, 9.17) is 10.5 Å². The maximum absolute atomic E-state index is 6.05. The number of nitrogens with zero attached hydrogens (tertiary/aromatic N) is 3. The molecule has 0 radical (unpaired) electrons. The molecule has 0 unspecified atom stereocenters. The van der Waals surface area contributed by atoms with E-state index in [0.717, 1.165) is 23.4 Å². The molecule has 0 bridgehead atoms. The van der Waals surface area contributed by atoms with Gasteiger partial charge in [-0.25, -0.2) is 9.98 Å². The Morgan fingerprint density at radius 2 is 2.04 bits per heavy atom. The van der Waals surface area contributed by atoms with E-state index in [1.165, 1.54) is 5.56 Å². The Morgan fingerprint density at radius 1 is 1.19 bits per heavy atom. The Kier molecular flexibility index (Phi) is 6.01. The zero-order valence-corrected chi connectivity index (χ0v) is 14.8. The van der Waals surface area contributed by atoms with Crippen LogP contribution in [0.4, 0.5) is 5.69 Å². The molecule has 3 N–H and O–H groups in total. The van der Waals surface area contributed by atoms with Crippen LogP contribution in [0.25, 0.3) is 0 Å². The van der Waals surface area contributed by atoms with Crippen molar-refractivity contribution in [3.63, 3.8) is 0 Å². The lowest BCUT2D eigenvalue weighted by Crippen LogP contribution is -2.23. The highest BCUT2D eigenvalue weighted by Gasteiger charge is 2.03. The summed E-state index contributed by atoms with van der Waals surface area (Å²) < 4.78 is 7.24. The Labute approximate surface area is 153 Å². The Hall–Kier alpha value is -3.12. The predicted molar refractivity (Wildman–Crippen MR) is 104 cm³/mol. The first-order chi connectivity index (χ1) is 12.7. The van der Waals surface area contributed by atoms with Gasteiger partial charge < -0.3 is 20.4 Å². The van der Waals surface area contributed by atoms with E-state index in [1.54, 1.807) is 13.3 Å². The number of benzene rings is 2. The summed E-state index contributed by atoms with van der Waals surface area (Å²) in [7, 11) is 1.67. The summed E-state index contributed by atoms with van der Waals surface area (Å²) in [4.78, 5) is 8.52. The Morgan fingerprint density at radius 3 is 2.85 bits per heavy atom. The lowest BCUT2D eigenvalue weighted by Gasteiger charge is -2.11. The van der Waals surface area contributed by atoms with Gasteiger partial charge >= 0.3 is 0 Å². The molecule has 3 rings (SSSR count). The van der Waals surface area contributed by atoms with Crippen molar-refractivity contribution in [3.05, 3.63) is 83.9 Å². The molecule has 1 heterocycles. The van der Waals surface area contributed by atoms with Crippen LogP contribution < -0.4 is 11.1 Å². The molecule has 134 valence electrons. The molecular formula is C20H23N5O. The molecule has 6 nitrogen and oxygen atoms in total. The number of nitrogens with two attached hydrogens (primary N) is 1. The zero-order chi connectivity index (χ0) is 18.2. The minimum Gasteiger partial charge on any atom is -0.380 e. The summed E-state index contributed by atoms with van der Waals surface area (Å²) in [6, 6.07) is 16.2. The fourth-order valence-electron chi connectivity index (χ4n) is 2.70. The quantitative estimate of drug-likeness (QED) is 0.508. The largest absolute Gasteiger partial charge is 0.380 e. The molecule has 0 fully saturated rings. The second-order valence-corrected chi connectivity index (χ2v) is 5.97. The molecule has 0 aliphatic heterocycles. The van der Waals surface area contributed by atoms with Crippen LogP contribution in [0.5, 0.6) is 0 Å². The summed E-state index contributed by atoms with van der Waals surface area (Å²) in [5.41, 5.74) is 10.3. The van der Waals surface area contributed by atoms with Crippen LogP contribution in [-0.2, 0) is 24.4 Å². The number of rotatable bonds is 7. The van der Waals surface area contributed by atoms with Gasteiger partial charge in [-0.2, -0.15) is 0 Å². The van der Waals surface area contributed by atoms with Gasteiger partial charge in [-0.1, -0.05) is 42.5 Å². The van der Waals surface area contributed by atoms with Gasteiger partial charge in [0.25, 0.3) is 0 Å². The van der Waals surface area contributed by atoms with Gasteiger partial charge in [0.1, 0.15) is 0 Å². The number of guanidine groups is 1. The number of imidazole rings is 1. The van der Waals surface area contributed by atoms with Crippen molar-refractivity contribution in [2.24, 2.45) is 10.7 Å². The number of aliphatic imine (C=N–C) groups is 1. The normalized spacial score (nSPS) is 11.5. The third kappa shape index (κ3) is 4.94. The van der Waals surface area contributed by atoms with Crippen molar-refractivity contribution >= 4 is 11.6 Å². The number of aromatic nitrogens is 2. The highest BCUT2D eigenvalue weighted by Crippen LogP contribution is 2.15. The Balaban J connectivity index is 1.64. The van der Waals surface area contributed by atoms with Crippen molar-refractivity contribution < 1.29 is 4.74 Å². The summed E-state index contributed by atoms with van der Waals surface area (Å²) >= 11 is 0. The molecule has 2 aromatic carbocycles. The third-order valence-electron chi connectivity index (χ3n) is 3.93. The molecule has 0 saturated carbocycles. The van der Waals surface area contributed by atoms with E-state index < -0.39 is 0 Å². The predicted octanol–water partition coefficient (Wildman–Crippen LogP) is 3.00. The lowest BCUT2D eigenvalue weighted by molar-refractivity contribution is 0.185. The highest BCUT2D eigenvalue weighted by atomic mass is 16.5. The van der Waals surface area contributed by atoms with E-state index in [9.17, 15) is 0 Å². The molecule has 1 aromatic heterocycles. The second kappa shape index (κ2) is 8.82. The number of ether oxygens (including phenoxy) is 1. The number of anilines is 1. The SMILES string of the molecule is COCc1ccccc1NC(N)=NCc1cccc(Cn2ccnc2)c1. The van der Waals surface area contributed by atoms with E-state index >= 15 is 0 Å². The second-order valence-electron chi connectivity index (χ2n) is 5.97. The van der Waals surface area contributed by atoms with Crippen LogP contribution in [0.15, 0.2) is 72.2 Å². The van der Waals surface area contributed by atoms with Crippen LogP contribution in [0.2, 0.25) is 0 Å². The average Bonchev–Trinajstić information content (AvgIpc) is 3.15. The molecule has 0 spiro atoms. The van der Waals surface area contributed by atoms with Crippen molar-refractivity contribution in [3.8, 4) is 0 Å². The van der Waals surface area contributed by atoms with Crippen LogP contribution in [0.1, 0.15) is 16.7 Å². The number of nitrogens with one attached hydrogen (secondary N) is 1. The van der Waals surface area contributed by atoms with Gasteiger partial charge in [-0.3, -0.25) is 0 Å². The number of hydrogen-bond acceptors (Lipinski definition) is 3. The van der Waals surface area contributed by atoms with E-state index in [2.05, 4.69) is 27.4 Å². The first kappa shape index (κ1) is 17.7. The van der Waals surface area contributed by atoms with Gasteiger partial charge in [-0.05, 0) is 17.2 Å². The van der Waals surface area contributed by atoms with E-state index in [-0.39, 0.29) is 0 Å². The number of para-hydroxylation sites is 1. The maximum atomic E-state index is 6.05. The minimum absolute atomic E-state index is 0.383. The van der Waals surface area contributed by atoms with E-state index in [0.29, 0.717) is 19.1 Å². The number of methoxy groups -OCH3 is 1. The van der Waals surface area contributed by atoms with Gasteiger partial charge in [-0.15, -0.1) is 0 Å². The minimum atomic E-state index is 0.383. The van der Waals surface area contributed by atoms with Crippen molar-refractivity contribution in [1.29, 1.82) is 0 Å². The van der Waals surface area contributed by atoms with Crippen molar-refractivity contribution in [2.75, 3.05) is 12.4 Å². The van der Waals surface area contributed by atoms with Crippen molar-refractivity contribution in [2.45, 2.75) is 19.7 Å². The number of hydrogen-bond donors (Lipinski definition) is 2. The maximum Gasteiger partial charge on any atom is 0.193 e. The monoisotopic (exact) mass is 349 g/mol. The van der Waals surface area contributed by atoms with E-state index in [1.807, 2.05) is 53.5 Å². The Bertz CT molecular complexity index is 858. The fraction of sp³-hybridized carbons (Fsp3) is 0.200. The summed E-state index contributed by atoms with van der Waals surface area (Å²) in [6.07, 6.45) is 5.54. The molecule has 26 heavy (non-hydrogen) atoms. The van der Waals surface area contributed by atoms with Crippen LogP contribution in [-0.4, -0.2) is 22.6 Å². The van der Waals surface area contributed by atoms with Gasteiger partial charge in [0.15, 0.2) is 5.96 Å². The third-order valence-corrected chi connectivity index (χ3v) is 3.93. The van der Waals surface area contributed by atoms with Gasteiger partial charge in [0.05, 0.1) is 19.5 Å². The average molecular weight is 349 g/mol. The topological polar surface area (TPSA) is 77.5 Å². The molecule has 0 atom stereocenters. The molecule has 0 aliphatic carbocycles. The fourth-order valence-corrected chi connectivity index (χ4v) is 2.70. The molecule has 0 amide bonds. The molecular weight excluding hydrogens is 326 g/mol. The smallest absolute Gasteiger partial charge is 0.193 e. The first-order valence-corrected chi connectivity index (χ1v) is 8.42.